The van der Waals surface area contributed by atoms with Gasteiger partial charge in [-0.25, -0.2) is 13.1 Å². The largest absolute Gasteiger partial charge is 0.397 e. The standard InChI is InChI=1S/C15H17BrN2O2S/c1-10-7-8-11(2)15(14(10)17)21(19,20)18-9-12-5-3-4-6-13(12)16/h3-8,18H,9,17H2,1-2H3. The average Bonchev–Trinajstić information content (AvgIpc) is 2.42. The number of nitrogens with one attached hydrogen (secondary N) is 1. The molecule has 0 radical (unpaired) electrons. The number of hydrogen-bond acceptors (Lipinski definition) is 3. The fourth-order valence-corrected chi connectivity index (χ4v) is 3.91. The van der Waals surface area contributed by atoms with Crippen molar-refractivity contribution in [3.8, 4) is 0 Å². The van der Waals surface area contributed by atoms with E-state index in [1.807, 2.05) is 30.3 Å². The van der Waals surface area contributed by atoms with Gasteiger partial charge >= 0.3 is 0 Å². The highest BCUT2D eigenvalue weighted by Crippen LogP contribution is 2.26. The third-order valence-corrected chi connectivity index (χ3v) is 5.67. The zero-order valence-electron chi connectivity index (χ0n) is 11.9. The van der Waals surface area contributed by atoms with Crippen molar-refractivity contribution in [2.24, 2.45) is 0 Å². The van der Waals surface area contributed by atoms with Crippen LogP contribution in [0.1, 0.15) is 16.7 Å². The lowest BCUT2D eigenvalue weighted by Crippen LogP contribution is -2.25. The summed E-state index contributed by atoms with van der Waals surface area (Å²) in [6.07, 6.45) is 0. The maximum Gasteiger partial charge on any atom is 0.243 e. The zero-order chi connectivity index (χ0) is 15.6. The minimum absolute atomic E-state index is 0.162. The summed E-state index contributed by atoms with van der Waals surface area (Å²) >= 11 is 3.40. The maximum atomic E-state index is 12.5. The van der Waals surface area contributed by atoms with Crippen LogP contribution in [0.15, 0.2) is 45.8 Å². The first kappa shape index (κ1) is 16.0. The quantitative estimate of drug-likeness (QED) is 0.814. The van der Waals surface area contributed by atoms with Crippen LogP contribution in [-0.4, -0.2) is 8.42 Å². The van der Waals surface area contributed by atoms with Crippen LogP contribution in [0, 0.1) is 13.8 Å². The molecule has 0 spiro atoms. The van der Waals surface area contributed by atoms with Crippen molar-refractivity contribution in [1.82, 2.24) is 4.72 Å². The van der Waals surface area contributed by atoms with Gasteiger partial charge in [0, 0.05) is 11.0 Å². The van der Waals surface area contributed by atoms with Gasteiger partial charge in [-0.2, -0.15) is 0 Å². The fraction of sp³-hybridized carbons (Fsp3) is 0.200. The molecule has 2 aromatic rings. The number of anilines is 1. The Morgan fingerprint density at radius 1 is 1.10 bits per heavy atom. The lowest BCUT2D eigenvalue weighted by molar-refractivity contribution is 0.581. The molecule has 3 N–H and O–H groups in total. The first-order valence-electron chi connectivity index (χ1n) is 6.41. The van der Waals surface area contributed by atoms with E-state index < -0.39 is 10.0 Å². The van der Waals surface area contributed by atoms with Gasteiger partial charge in [0.2, 0.25) is 10.0 Å². The van der Waals surface area contributed by atoms with Crippen LogP contribution in [0.25, 0.3) is 0 Å². The summed E-state index contributed by atoms with van der Waals surface area (Å²) in [5.41, 5.74) is 8.49. The van der Waals surface area contributed by atoms with Crippen molar-refractivity contribution in [2.45, 2.75) is 25.3 Å². The highest BCUT2D eigenvalue weighted by atomic mass is 79.9. The van der Waals surface area contributed by atoms with Crippen LogP contribution >= 0.6 is 15.9 Å². The number of nitrogen functional groups attached to an aromatic ring is 1. The van der Waals surface area contributed by atoms with Crippen molar-refractivity contribution in [1.29, 1.82) is 0 Å². The summed E-state index contributed by atoms with van der Waals surface area (Å²) < 4.78 is 28.5. The Bertz CT molecular complexity index is 773. The predicted molar refractivity (Wildman–Crippen MR) is 88.5 cm³/mol. The number of nitrogens with two attached hydrogens (primary N) is 1. The van der Waals surface area contributed by atoms with Crippen LogP contribution in [0.4, 0.5) is 5.69 Å². The lowest BCUT2D eigenvalue weighted by Gasteiger charge is -2.14. The topological polar surface area (TPSA) is 72.2 Å². The number of hydrogen-bond donors (Lipinski definition) is 2. The molecule has 0 bridgehead atoms. The van der Waals surface area contributed by atoms with Crippen LogP contribution in [0.5, 0.6) is 0 Å². The van der Waals surface area contributed by atoms with Gasteiger partial charge in [0.25, 0.3) is 0 Å². The van der Waals surface area contributed by atoms with Crippen molar-refractivity contribution in [2.75, 3.05) is 5.73 Å². The van der Waals surface area contributed by atoms with E-state index in [9.17, 15) is 8.42 Å². The molecule has 0 fully saturated rings. The summed E-state index contributed by atoms with van der Waals surface area (Å²) in [4.78, 5) is 0.162. The first-order chi connectivity index (χ1) is 9.83. The second-order valence-corrected chi connectivity index (χ2v) is 7.42. The van der Waals surface area contributed by atoms with E-state index >= 15 is 0 Å². The number of sulfonamides is 1. The summed E-state index contributed by atoms with van der Waals surface area (Å²) in [5, 5.41) is 0. The van der Waals surface area contributed by atoms with Crippen molar-refractivity contribution in [3.05, 3.63) is 57.6 Å². The smallest absolute Gasteiger partial charge is 0.243 e. The van der Waals surface area contributed by atoms with E-state index in [0.717, 1.165) is 15.6 Å². The molecule has 2 aromatic carbocycles. The second kappa shape index (κ2) is 6.17. The molecule has 2 rings (SSSR count). The van der Waals surface area contributed by atoms with Gasteiger partial charge in [-0.15, -0.1) is 0 Å². The van der Waals surface area contributed by atoms with E-state index in [0.29, 0.717) is 11.3 Å². The molecule has 0 atom stereocenters. The summed E-state index contributed by atoms with van der Waals surface area (Å²) in [6.45, 7) is 3.74. The Morgan fingerprint density at radius 3 is 2.38 bits per heavy atom. The molecule has 6 heteroatoms. The second-order valence-electron chi connectivity index (χ2n) is 4.86. The molecule has 0 amide bonds. The first-order valence-corrected chi connectivity index (χ1v) is 8.69. The van der Waals surface area contributed by atoms with E-state index in [-0.39, 0.29) is 11.4 Å². The Labute approximate surface area is 133 Å². The Morgan fingerprint density at radius 2 is 1.71 bits per heavy atom. The van der Waals surface area contributed by atoms with Crippen LogP contribution in [0.3, 0.4) is 0 Å². The lowest BCUT2D eigenvalue weighted by atomic mass is 10.1. The molecule has 4 nitrogen and oxygen atoms in total. The normalized spacial score (nSPS) is 11.6. The van der Waals surface area contributed by atoms with Gasteiger partial charge in [0.15, 0.2) is 0 Å². The van der Waals surface area contributed by atoms with Gasteiger partial charge in [-0.05, 0) is 36.6 Å². The van der Waals surface area contributed by atoms with Gasteiger partial charge in [0.05, 0.1) is 5.69 Å². The number of aryl methyl sites for hydroxylation is 2. The molecule has 0 aliphatic heterocycles. The average molecular weight is 369 g/mol. The SMILES string of the molecule is Cc1ccc(C)c(S(=O)(=O)NCc2ccccc2Br)c1N. The van der Waals surface area contributed by atoms with Crippen molar-refractivity contribution in [3.63, 3.8) is 0 Å². The Hall–Kier alpha value is -1.37. The van der Waals surface area contributed by atoms with Gasteiger partial charge in [0.1, 0.15) is 4.90 Å². The third-order valence-electron chi connectivity index (χ3n) is 3.29. The molecule has 21 heavy (non-hydrogen) atoms. The minimum atomic E-state index is -3.65. The fourth-order valence-electron chi connectivity index (χ4n) is 2.05. The Balaban J connectivity index is 2.32. The predicted octanol–water partition coefficient (Wildman–Crippen LogP) is 3.13. The highest BCUT2D eigenvalue weighted by molar-refractivity contribution is 9.10. The molecule has 0 unspecified atom stereocenters. The molecule has 0 saturated heterocycles. The van der Waals surface area contributed by atoms with E-state index in [1.54, 1.807) is 19.9 Å². The molecule has 0 heterocycles. The monoisotopic (exact) mass is 368 g/mol. The van der Waals surface area contributed by atoms with E-state index in [4.69, 9.17) is 5.73 Å². The molecular weight excluding hydrogens is 352 g/mol. The molecular formula is C15H17BrN2O2S. The van der Waals surface area contributed by atoms with Gasteiger partial charge in [-0.1, -0.05) is 46.3 Å². The van der Waals surface area contributed by atoms with Crippen LogP contribution in [-0.2, 0) is 16.6 Å². The summed E-state index contributed by atoms with van der Waals surface area (Å²) in [7, 11) is -3.65. The van der Waals surface area contributed by atoms with Crippen LogP contribution < -0.4 is 10.5 Å². The Kier molecular flexibility index (Phi) is 4.70. The molecule has 112 valence electrons. The summed E-state index contributed by atoms with van der Waals surface area (Å²) in [6, 6.07) is 11.1. The number of benzene rings is 2. The molecule has 0 aliphatic rings. The van der Waals surface area contributed by atoms with E-state index in [1.165, 1.54) is 0 Å². The van der Waals surface area contributed by atoms with Crippen molar-refractivity contribution < 1.29 is 8.42 Å². The van der Waals surface area contributed by atoms with Crippen molar-refractivity contribution >= 4 is 31.6 Å². The highest BCUT2D eigenvalue weighted by Gasteiger charge is 2.21. The third kappa shape index (κ3) is 3.45. The number of rotatable bonds is 4. The van der Waals surface area contributed by atoms with Gasteiger partial charge < -0.3 is 5.73 Å². The minimum Gasteiger partial charge on any atom is -0.397 e. The molecule has 0 aliphatic carbocycles. The molecule has 0 saturated carbocycles. The number of halogens is 1. The van der Waals surface area contributed by atoms with E-state index in [2.05, 4.69) is 20.7 Å². The van der Waals surface area contributed by atoms with Crippen LogP contribution in [0.2, 0.25) is 0 Å². The van der Waals surface area contributed by atoms with Gasteiger partial charge in [-0.3, -0.25) is 0 Å². The summed E-state index contributed by atoms with van der Waals surface area (Å²) in [5.74, 6) is 0. The zero-order valence-corrected chi connectivity index (χ0v) is 14.3. The maximum absolute atomic E-state index is 12.5. The molecule has 0 aromatic heterocycles.